The number of ether oxygens (including phenoxy) is 2. The molecule has 4 nitrogen and oxygen atoms in total. The van der Waals surface area contributed by atoms with Gasteiger partial charge in [-0.1, -0.05) is 13.0 Å². The molecule has 23 heavy (non-hydrogen) atoms. The number of benzene rings is 1. The third kappa shape index (κ3) is 3.20. The van der Waals surface area contributed by atoms with Gasteiger partial charge in [-0.15, -0.1) is 0 Å². The number of nitrogens with zero attached hydrogens (tertiary/aromatic N) is 2. The fourth-order valence-electron chi connectivity index (χ4n) is 4.44. The Morgan fingerprint density at radius 3 is 3.00 bits per heavy atom. The van der Waals surface area contributed by atoms with E-state index in [0.29, 0.717) is 18.8 Å². The molecule has 3 aliphatic heterocycles. The normalized spacial score (nSPS) is 28.8. The molecule has 1 aromatic rings. The van der Waals surface area contributed by atoms with Crippen molar-refractivity contribution in [3.05, 3.63) is 23.8 Å². The van der Waals surface area contributed by atoms with Crippen molar-refractivity contribution in [3.8, 4) is 11.5 Å². The van der Waals surface area contributed by atoms with Gasteiger partial charge in [-0.05, 0) is 56.3 Å². The molecule has 4 rings (SSSR count). The summed E-state index contributed by atoms with van der Waals surface area (Å²) in [6, 6.07) is 7.87. The van der Waals surface area contributed by atoms with Crippen LogP contribution in [-0.4, -0.2) is 54.9 Å². The molecule has 0 aromatic heterocycles. The molecule has 0 saturated carbocycles. The Morgan fingerprint density at radius 2 is 2.09 bits per heavy atom. The van der Waals surface area contributed by atoms with E-state index in [2.05, 4.69) is 35.8 Å². The van der Waals surface area contributed by atoms with Crippen LogP contribution in [0.3, 0.4) is 0 Å². The second kappa shape index (κ2) is 6.33. The maximum absolute atomic E-state index is 5.50. The Bertz CT molecular complexity index is 562. The summed E-state index contributed by atoms with van der Waals surface area (Å²) in [5, 5.41) is 0. The molecule has 0 radical (unpaired) electrons. The predicted molar refractivity (Wildman–Crippen MR) is 91.1 cm³/mol. The first-order valence-corrected chi connectivity index (χ1v) is 9.05. The van der Waals surface area contributed by atoms with Crippen LogP contribution >= 0.6 is 0 Å². The summed E-state index contributed by atoms with van der Waals surface area (Å²) in [4.78, 5) is 5.41. The van der Waals surface area contributed by atoms with Gasteiger partial charge in [-0.25, -0.2) is 0 Å². The van der Waals surface area contributed by atoms with Gasteiger partial charge < -0.3 is 9.47 Å². The van der Waals surface area contributed by atoms with Crippen molar-refractivity contribution in [1.29, 1.82) is 0 Å². The number of fused-ring (bicyclic) bond motifs is 2. The first kappa shape index (κ1) is 15.3. The van der Waals surface area contributed by atoms with E-state index in [0.717, 1.165) is 24.0 Å². The SMILES string of the molecule is CC(Cc1ccc2c(c1)OCO2)CN1CC2CCCN2C[C@H]1C. The second-order valence-corrected chi connectivity index (χ2v) is 7.59. The van der Waals surface area contributed by atoms with Gasteiger partial charge in [0.25, 0.3) is 0 Å². The quantitative estimate of drug-likeness (QED) is 0.853. The first-order chi connectivity index (χ1) is 11.2. The molecule has 4 heteroatoms. The molecule has 3 atom stereocenters. The molecular weight excluding hydrogens is 288 g/mol. The molecule has 126 valence electrons. The summed E-state index contributed by atoms with van der Waals surface area (Å²) in [6.45, 7) is 10.1. The van der Waals surface area contributed by atoms with Gasteiger partial charge in [0, 0.05) is 31.7 Å². The molecule has 0 N–H and O–H groups in total. The molecular formula is C19H28N2O2. The summed E-state index contributed by atoms with van der Waals surface area (Å²) >= 11 is 0. The highest BCUT2D eigenvalue weighted by molar-refractivity contribution is 5.44. The van der Waals surface area contributed by atoms with Gasteiger partial charge >= 0.3 is 0 Å². The van der Waals surface area contributed by atoms with E-state index in [9.17, 15) is 0 Å². The minimum absolute atomic E-state index is 0.359. The Balaban J connectivity index is 1.35. The lowest BCUT2D eigenvalue weighted by atomic mass is 9.98. The standard InChI is InChI=1S/C19H28N2O2/c1-14(8-16-5-6-18-19(9-16)23-13-22-18)10-21-12-17-4-3-7-20(17)11-15(21)2/h5-6,9,14-15,17H,3-4,7-8,10-13H2,1-2H3/t14?,15-,17?/m1/s1. The van der Waals surface area contributed by atoms with Crippen LogP contribution in [0.4, 0.5) is 0 Å². The maximum atomic E-state index is 5.50. The van der Waals surface area contributed by atoms with Crippen LogP contribution in [0.25, 0.3) is 0 Å². The van der Waals surface area contributed by atoms with Crippen LogP contribution in [0.15, 0.2) is 18.2 Å². The van der Waals surface area contributed by atoms with E-state index in [-0.39, 0.29) is 0 Å². The number of hydrogen-bond donors (Lipinski definition) is 0. The molecule has 0 amide bonds. The van der Waals surface area contributed by atoms with Gasteiger partial charge in [0.1, 0.15) is 0 Å². The molecule has 0 bridgehead atoms. The lowest BCUT2D eigenvalue weighted by Crippen LogP contribution is -2.55. The van der Waals surface area contributed by atoms with E-state index in [4.69, 9.17) is 9.47 Å². The lowest BCUT2D eigenvalue weighted by molar-refractivity contribution is 0.0499. The summed E-state index contributed by atoms with van der Waals surface area (Å²) < 4.78 is 10.9. The van der Waals surface area contributed by atoms with Crippen molar-refractivity contribution in [2.75, 3.05) is 33.0 Å². The minimum Gasteiger partial charge on any atom is -0.454 e. The van der Waals surface area contributed by atoms with E-state index >= 15 is 0 Å². The summed E-state index contributed by atoms with van der Waals surface area (Å²) in [6.07, 6.45) is 3.88. The third-order valence-electron chi connectivity index (χ3n) is 5.63. The third-order valence-corrected chi connectivity index (χ3v) is 5.63. The number of rotatable bonds is 4. The summed E-state index contributed by atoms with van der Waals surface area (Å²) in [7, 11) is 0. The Labute approximate surface area is 139 Å². The molecule has 0 spiro atoms. The van der Waals surface area contributed by atoms with Crippen molar-refractivity contribution in [2.45, 2.75) is 45.2 Å². The first-order valence-electron chi connectivity index (χ1n) is 9.05. The number of hydrogen-bond acceptors (Lipinski definition) is 4. The zero-order chi connectivity index (χ0) is 15.8. The van der Waals surface area contributed by atoms with Crippen molar-refractivity contribution in [3.63, 3.8) is 0 Å². The van der Waals surface area contributed by atoms with Crippen molar-refractivity contribution < 1.29 is 9.47 Å². The van der Waals surface area contributed by atoms with Crippen LogP contribution in [-0.2, 0) is 6.42 Å². The molecule has 2 saturated heterocycles. The Kier molecular flexibility index (Phi) is 4.20. The van der Waals surface area contributed by atoms with Gasteiger partial charge in [-0.3, -0.25) is 9.80 Å². The fraction of sp³-hybridized carbons (Fsp3) is 0.684. The van der Waals surface area contributed by atoms with Gasteiger partial charge in [-0.2, -0.15) is 0 Å². The summed E-state index contributed by atoms with van der Waals surface area (Å²) in [5.74, 6) is 2.45. The van der Waals surface area contributed by atoms with Crippen LogP contribution < -0.4 is 9.47 Å². The average molecular weight is 316 g/mol. The highest BCUT2D eigenvalue weighted by atomic mass is 16.7. The summed E-state index contributed by atoms with van der Waals surface area (Å²) in [5.41, 5.74) is 1.36. The van der Waals surface area contributed by atoms with Crippen LogP contribution in [0.1, 0.15) is 32.3 Å². The second-order valence-electron chi connectivity index (χ2n) is 7.59. The molecule has 0 aliphatic carbocycles. The van der Waals surface area contributed by atoms with Crippen molar-refractivity contribution >= 4 is 0 Å². The average Bonchev–Trinajstić information content (AvgIpc) is 3.15. The van der Waals surface area contributed by atoms with E-state index in [1.807, 2.05) is 6.07 Å². The monoisotopic (exact) mass is 316 g/mol. The molecule has 2 fully saturated rings. The van der Waals surface area contributed by atoms with E-state index in [1.165, 1.54) is 44.6 Å². The highest BCUT2D eigenvalue weighted by Gasteiger charge is 2.34. The Morgan fingerprint density at radius 1 is 1.22 bits per heavy atom. The van der Waals surface area contributed by atoms with Crippen molar-refractivity contribution in [2.24, 2.45) is 5.92 Å². The van der Waals surface area contributed by atoms with Crippen molar-refractivity contribution in [1.82, 2.24) is 9.80 Å². The molecule has 2 unspecified atom stereocenters. The predicted octanol–water partition coefficient (Wildman–Crippen LogP) is 2.76. The largest absolute Gasteiger partial charge is 0.454 e. The van der Waals surface area contributed by atoms with Gasteiger partial charge in [0.2, 0.25) is 6.79 Å². The topological polar surface area (TPSA) is 24.9 Å². The van der Waals surface area contributed by atoms with E-state index < -0.39 is 0 Å². The molecule has 1 aromatic carbocycles. The van der Waals surface area contributed by atoms with Gasteiger partial charge in [0.05, 0.1) is 0 Å². The van der Waals surface area contributed by atoms with Crippen LogP contribution in [0.5, 0.6) is 11.5 Å². The fourth-order valence-corrected chi connectivity index (χ4v) is 4.44. The Hall–Kier alpha value is -1.26. The maximum Gasteiger partial charge on any atom is 0.231 e. The smallest absolute Gasteiger partial charge is 0.231 e. The molecule has 3 aliphatic rings. The lowest BCUT2D eigenvalue weighted by Gasteiger charge is -2.43. The number of piperazine rings is 1. The van der Waals surface area contributed by atoms with Crippen LogP contribution in [0.2, 0.25) is 0 Å². The highest BCUT2D eigenvalue weighted by Crippen LogP contribution is 2.33. The van der Waals surface area contributed by atoms with E-state index in [1.54, 1.807) is 0 Å². The minimum atomic E-state index is 0.359. The molecule has 3 heterocycles. The zero-order valence-corrected chi connectivity index (χ0v) is 14.3. The van der Waals surface area contributed by atoms with Crippen LogP contribution in [0, 0.1) is 5.92 Å². The van der Waals surface area contributed by atoms with Gasteiger partial charge in [0.15, 0.2) is 11.5 Å². The zero-order valence-electron chi connectivity index (χ0n) is 14.3.